The number of nitrogens with one attached hydrogen (secondary N) is 1. The predicted octanol–water partition coefficient (Wildman–Crippen LogP) is 1.74. The molecule has 0 unspecified atom stereocenters. The highest BCUT2D eigenvalue weighted by Gasteiger charge is 2.46. The molecule has 2 fully saturated rings. The highest BCUT2D eigenvalue weighted by atomic mass is 32.1. The highest BCUT2D eigenvalue weighted by Crippen LogP contribution is 2.31. The van der Waals surface area contributed by atoms with Crippen LogP contribution in [0.4, 0.5) is 13.2 Å². The van der Waals surface area contributed by atoms with E-state index < -0.39 is 12.1 Å². The van der Waals surface area contributed by atoms with Gasteiger partial charge in [0.1, 0.15) is 5.82 Å². The quantitative estimate of drug-likeness (QED) is 0.743. The van der Waals surface area contributed by atoms with E-state index in [-0.39, 0.29) is 11.9 Å². The van der Waals surface area contributed by atoms with Crippen LogP contribution >= 0.6 is 11.3 Å². The Morgan fingerprint density at radius 1 is 1.40 bits per heavy atom. The van der Waals surface area contributed by atoms with E-state index in [0.717, 1.165) is 37.7 Å². The van der Waals surface area contributed by atoms with Crippen molar-refractivity contribution in [2.75, 3.05) is 19.8 Å². The Kier molecular flexibility index (Phi) is 6.78. The number of carbonyl (C=O) groups is 2. The van der Waals surface area contributed by atoms with E-state index in [2.05, 4.69) is 15.2 Å². The Balaban J connectivity index is 0.000000318. The van der Waals surface area contributed by atoms with E-state index in [9.17, 15) is 18.0 Å². The number of aliphatic carboxylic acids is 1. The maximum Gasteiger partial charge on any atom is 0.490 e. The van der Waals surface area contributed by atoms with Crippen molar-refractivity contribution in [3.8, 4) is 0 Å². The summed E-state index contributed by atoms with van der Waals surface area (Å²) in [5.74, 6) is -1.34. The van der Waals surface area contributed by atoms with Crippen molar-refractivity contribution in [3.63, 3.8) is 0 Å². The van der Waals surface area contributed by atoms with Crippen LogP contribution in [0.3, 0.4) is 0 Å². The number of halogens is 3. The van der Waals surface area contributed by atoms with Gasteiger partial charge in [0.25, 0.3) is 5.91 Å². The van der Waals surface area contributed by atoms with E-state index in [0.29, 0.717) is 12.0 Å². The summed E-state index contributed by atoms with van der Waals surface area (Å²) in [5.41, 5.74) is 0.744. The molecule has 0 aliphatic carbocycles. The van der Waals surface area contributed by atoms with Gasteiger partial charge in [-0.15, -0.1) is 0 Å². The summed E-state index contributed by atoms with van der Waals surface area (Å²) in [6.07, 6.45) is -1.30. The molecule has 0 aromatic carbocycles. The number of hydrogen-bond donors (Lipinski definition) is 2. The highest BCUT2D eigenvalue weighted by molar-refractivity contribution is 7.08. The molecule has 2 aromatic rings. The molecule has 3 atom stereocenters. The summed E-state index contributed by atoms with van der Waals surface area (Å²) in [6, 6.07) is 2.36. The van der Waals surface area contributed by atoms with Gasteiger partial charge in [-0.2, -0.15) is 24.5 Å². The van der Waals surface area contributed by atoms with Crippen molar-refractivity contribution >= 4 is 23.2 Å². The standard InChI is InChI=1S/C16H20N4O2S.C2HF3O2/c1-19-4-3-17-15(19)7-20-6-13(12-8-22-9-14(12)20)18-16(21)11-2-5-23-10-11;3-2(4,5)1(6)7/h2-5,10,12-14H,6-9H2,1H3,(H,18,21);(H,6,7)/t12-,13-,14-;/m1./s1. The van der Waals surface area contributed by atoms with Gasteiger partial charge in [-0.1, -0.05) is 0 Å². The Morgan fingerprint density at radius 3 is 2.70 bits per heavy atom. The zero-order valence-electron chi connectivity index (χ0n) is 16.0. The second-order valence-corrected chi connectivity index (χ2v) is 7.83. The van der Waals surface area contributed by atoms with E-state index in [1.54, 1.807) is 11.3 Å². The third-order valence-corrected chi connectivity index (χ3v) is 5.80. The number of carboxylic acid groups (broad SMARTS) is 1. The van der Waals surface area contributed by atoms with Gasteiger partial charge < -0.3 is 19.7 Å². The molecule has 2 aromatic heterocycles. The minimum atomic E-state index is -5.08. The third kappa shape index (κ3) is 5.18. The Morgan fingerprint density at radius 2 is 2.13 bits per heavy atom. The first-order chi connectivity index (χ1) is 14.2. The molecule has 0 saturated carbocycles. The number of carboxylic acids is 1. The van der Waals surface area contributed by atoms with E-state index in [1.165, 1.54) is 0 Å². The Bertz CT molecular complexity index is 871. The molecule has 0 bridgehead atoms. The van der Waals surface area contributed by atoms with Crippen LogP contribution in [0.1, 0.15) is 16.2 Å². The largest absolute Gasteiger partial charge is 0.490 e. The molecular weight excluding hydrogens is 425 g/mol. The van der Waals surface area contributed by atoms with Crippen molar-refractivity contribution in [2.24, 2.45) is 13.0 Å². The number of amides is 1. The number of aryl methyl sites for hydroxylation is 1. The molecule has 30 heavy (non-hydrogen) atoms. The number of aromatic nitrogens is 2. The van der Waals surface area contributed by atoms with E-state index >= 15 is 0 Å². The van der Waals surface area contributed by atoms with E-state index in [4.69, 9.17) is 14.6 Å². The lowest BCUT2D eigenvalue weighted by Gasteiger charge is -2.21. The number of fused-ring (bicyclic) bond motifs is 1. The number of likely N-dealkylation sites (tertiary alicyclic amines) is 1. The number of ether oxygens (including phenoxy) is 1. The number of carbonyl (C=O) groups excluding carboxylic acids is 1. The molecular formula is C18H21F3N4O4S. The molecule has 4 rings (SSSR count). The molecule has 2 aliphatic heterocycles. The smallest absolute Gasteiger partial charge is 0.475 e. The average Bonchev–Trinajstić information content (AvgIpc) is 3.44. The lowest BCUT2D eigenvalue weighted by atomic mass is 9.99. The van der Waals surface area contributed by atoms with Crippen LogP contribution in [-0.4, -0.2) is 69.5 Å². The molecule has 1 amide bonds. The number of imidazole rings is 1. The summed E-state index contributed by atoms with van der Waals surface area (Å²) < 4.78 is 39.5. The zero-order valence-corrected chi connectivity index (χ0v) is 16.8. The van der Waals surface area contributed by atoms with Gasteiger partial charge in [0.15, 0.2) is 0 Å². The van der Waals surface area contributed by atoms with Crippen molar-refractivity contribution in [2.45, 2.75) is 24.8 Å². The topological polar surface area (TPSA) is 96.7 Å². The molecule has 2 aliphatic rings. The van der Waals surface area contributed by atoms with Crippen molar-refractivity contribution in [3.05, 3.63) is 40.6 Å². The maximum atomic E-state index is 12.3. The van der Waals surface area contributed by atoms with Gasteiger partial charge in [-0.3, -0.25) is 9.69 Å². The molecule has 0 spiro atoms. The SMILES string of the molecule is Cn1ccnc1CN1C[C@@H](NC(=O)c2ccsc2)[C@H]2COC[C@H]21.O=C(O)C(F)(F)F. The fourth-order valence-electron chi connectivity index (χ4n) is 3.55. The van der Waals surface area contributed by atoms with Gasteiger partial charge >= 0.3 is 12.1 Å². The van der Waals surface area contributed by atoms with Gasteiger partial charge in [0, 0.05) is 54.9 Å². The Hall–Kier alpha value is -2.44. The fraction of sp³-hybridized carbons (Fsp3) is 0.500. The number of alkyl halides is 3. The lowest BCUT2D eigenvalue weighted by molar-refractivity contribution is -0.192. The first kappa shape index (κ1) is 22.2. The van der Waals surface area contributed by atoms with Gasteiger partial charge in [0.2, 0.25) is 0 Å². The van der Waals surface area contributed by atoms with Gasteiger partial charge in [-0.05, 0) is 11.4 Å². The first-order valence-electron chi connectivity index (χ1n) is 9.08. The van der Waals surface area contributed by atoms with E-state index in [1.807, 2.05) is 40.8 Å². The number of thiophene rings is 1. The van der Waals surface area contributed by atoms with Crippen molar-refractivity contribution in [1.82, 2.24) is 19.8 Å². The Labute approximate surface area is 174 Å². The van der Waals surface area contributed by atoms with Crippen LogP contribution in [-0.2, 0) is 23.1 Å². The van der Waals surface area contributed by atoms with Crippen LogP contribution in [0.2, 0.25) is 0 Å². The van der Waals surface area contributed by atoms with Crippen LogP contribution < -0.4 is 5.32 Å². The van der Waals surface area contributed by atoms with Gasteiger partial charge in [0.05, 0.1) is 19.8 Å². The minimum absolute atomic E-state index is 0.0146. The number of hydrogen-bond acceptors (Lipinski definition) is 6. The average molecular weight is 446 g/mol. The minimum Gasteiger partial charge on any atom is -0.475 e. The molecule has 4 heterocycles. The van der Waals surface area contributed by atoms with Crippen molar-refractivity contribution in [1.29, 1.82) is 0 Å². The second kappa shape index (κ2) is 9.14. The summed E-state index contributed by atoms with van der Waals surface area (Å²) in [6.45, 7) is 3.09. The molecule has 164 valence electrons. The molecule has 8 nitrogen and oxygen atoms in total. The summed E-state index contributed by atoms with van der Waals surface area (Å²) >= 11 is 1.54. The monoisotopic (exact) mass is 446 g/mol. The number of nitrogens with zero attached hydrogens (tertiary/aromatic N) is 3. The molecule has 0 radical (unpaired) electrons. The second-order valence-electron chi connectivity index (χ2n) is 7.05. The van der Waals surface area contributed by atoms with Crippen LogP contribution in [0, 0.1) is 5.92 Å². The summed E-state index contributed by atoms with van der Waals surface area (Å²) in [4.78, 5) is 28.0. The molecule has 2 saturated heterocycles. The molecule has 2 N–H and O–H groups in total. The normalized spacial score (nSPS) is 23.5. The van der Waals surface area contributed by atoms with Crippen molar-refractivity contribution < 1.29 is 32.6 Å². The lowest BCUT2D eigenvalue weighted by Crippen LogP contribution is -2.41. The molecule has 12 heteroatoms. The van der Waals surface area contributed by atoms with Gasteiger partial charge in [-0.25, -0.2) is 9.78 Å². The first-order valence-corrected chi connectivity index (χ1v) is 10.0. The maximum absolute atomic E-state index is 12.3. The summed E-state index contributed by atoms with van der Waals surface area (Å²) in [7, 11) is 2.01. The predicted molar refractivity (Wildman–Crippen MR) is 101 cm³/mol. The summed E-state index contributed by atoms with van der Waals surface area (Å²) in [5, 5.41) is 14.1. The van der Waals surface area contributed by atoms with Crippen LogP contribution in [0.25, 0.3) is 0 Å². The van der Waals surface area contributed by atoms with Crippen LogP contribution in [0.15, 0.2) is 29.2 Å². The number of rotatable bonds is 4. The zero-order chi connectivity index (χ0) is 21.9. The van der Waals surface area contributed by atoms with Crippen LogP contribution in [0.5, 0.6) is 0 Å². The third-order valence-electron chi connectivity index (χ3n) is 5.12. The fourth-order valence-corrected chi connectivity index (χ4v) is 4.19.